The molecule has 6 heteroatoms. The first-order valence-electron chi connectivity index (χ1n) is 6.40. The normalized spacial score (nSPS) is 13.1. The second-order valence-corrected chi connectivity index (χ2v) is 5.39. The molecule has 0 saturated carbocycles. The van der Waals surface area contributed by atoms with Gasteiger partial charge in [-0.3, -0.25) is 0 Å². The van der Waals surface area contributed by atoms with E-state index in [9.17, 15) is 4.39 Å². The first-order valence-corrected chi connectivity index (χ1v) is 7.16. The van der Waals surface area contributed by atoms with E-state index in [1.54, 1.807) is 18.2 Å². The Balaban J connectivity index is 1.77. The van der Waals surface area contributed by atoms with Crippen LogP contribution in [0, 0.1) is 5.82 Å². The molecule has 0 saturated heterocycles. The molecule has 0 unspecified atom stereocenters. The van der Waals surface area contributed by atoms with Crippen molar-refractivity contribution in [2.24, 2.45) is 0 Å². The van der Waals surface area contributed by atoms with Crippen molar-refractivity contribution in [2.75, 3.05) is 18.5 Å². The highest BCUT2D eigenvalue weighted by molar-refractivity contribution is 6.33. The molecule has 0 spiro atoms. The number of ether oxygens (including phenoxy) is 2. The van der Waals surface area contributed by atoms with Crippen LogP contribution in [-0.4, -0.2) is 13.2 Å². The van der Waals surface area contributed by atoms with Crippen LogP contribution in [0.5, 0.6) is 11.5 Å². The smallest absolute Gasteiger partial charge is 0.163 e. The van der Waals surface area contributed by atoms with Crippen molar-refractivity contribution in [1.29, 1.82) is 0 Å². The molecule has 0 atom stereocenters. The van der Waals surface area contributed by atoms with Gasteiger partial charge in [-0.1, -0.05) is 29.3 Å². The molecule has 0 fully saturated rings. The fraction of sp³-hybridized carbons (Fsp3) is 0.200. The van der Waals surface area contributed by atoms with Crippen molar-refractivity contribution >= 4 is 28.9 Å². The van der Waals surface area contributed by atoms with Crippen LogP contribution in [0.15, 0.2) is 30.3 Å². The average Bonchev–Trinajstić information content (AvgIpc) is 2.48. The average molecular weight is 328 g/mol. The monoisotopic (exact) mass is 327 g/mol. The number of fused-ring (bicyclic) bond motifs is 1. The lowest BCUT2D eigenvalue weighted by molar-refractivity contribution is 0.171. The summed E-state index contributed by atoms with van der Waals surface area (Å²) in [5.41, 5.74) is 1.47. The summed E-state index contributed by atoms with van der Waals surface area (Å²) in [6.45, 7) is 1.45. The highest BCUT2D eigenvalue weighted by Gasteiger charge is 2.15. The van der Waals surface area contributed by atoms with Crippen LogP contribution in [0.25, 0.3) is 0 Å². The lowest BCUT2D eigenvalue weighted by atomic mass is 10.2. The maximum absolute atomic E-state index is 13.4. The number of halogens is 3. The van der Waals surface area contributed by atoms with Crippen molar-refractivity contribution < 1.29 is 13.9 Å². The van der Waals surface area contributed by atoms with Crippen molar-refractivity contribution in [3.8, 4) is 11.5 Å². The molecule has 1 aliphatic rings. The third kappa shape index (κ3) is 3.17. The summed E-state index contributed by atoms with van der Waals surface area (Å²) >= 11 is 11.8. The van der Waals surface area contributed by atoms with Gasteiger partial charge in [0, 0.05) is 18.7 Å². The second kappa shape index (κ2) is 6.00. The largest absolute Gasteiger partial charge is 0.486 e. The van der Waals surface area contributed by atoms with E-state index < -0.39 is 5.82 Å². The van der Waals surface area contributed by atoms with Gasteiger partial charge in [0.05, 0.1) is 15.7 Å². The fourth-order valence-corrected chi connectivity index (χ4v) is 2.38. The van der Waals surface area contributed by atoms with Crippen LogP contribution in [0.3, 0.4) is 0 Å². The van der Waals surface area contributed by atoms with Crippen LogP contribution < -0.4 is 14.8 Å². The molecule has 2 aromatic rings. The highest BCUT2D eigenvalue weighted by Crippen LogP contribution is 2.38. The van der Waals surface area contributed by atoms with E-state index in [2.05, 4.69) is 5.32 Å². The van der Waals surface area contributed by atoms with Crippen LogP contribution in [0.2, 0.25) is 10.0 Å². The second-order valence-electron chi connectivity index (χ2n) is 4.58. The molecule has 0 aliphatic carbocycles. The van der Waals surface area contributed by atoms with Crippen molar-refractivity contribution in [2.45, 2.75) is 6.54 Å². The molecule has 3 nitrogen and oxygen atoms in total. The Kier molecular flexibility index (Phi) is 4.08. The Bertz CT molecular complexity index is 679. The first kappa shape index (κ1) is 14.3. The minimum atomic E-state index is -0.441. The van der Waals surface area contributed by atoms with Crippen molar-refractivity contribution in [3.63, 3.8) is 0 Å². The molecule has 1 aliphatic heterocycles. The van der Waals surface area contributed by atoms with Crippen molar-refractivity contribution in [1.82, 2.24) is 0 Å². The van der Waals surface area contributed by atoms with Gasteiger partial charge < -0.3 is 14.8 Å². The summed E-state index contributed by atoms with van der Waals surface area (Å²) in [5.74, 6) is 0.842. The van der Waals surface area contributed by atoms with Crippen LogP contribution in [0.1, 0.15) is 5.56 Å². The number of rotatable bonds is 3. The Hall–Kier alpha value is -1.65. The molecule has 0 aromatic heterocycles. The Morgan fingerprint density at radius 1 is 1.00 bits per heavy atom. The molecule has 0 bridgehead atoms. The zero-order chi connectivity index (χ0) is 14.8. The molecule has 0 radical (unpaired) electrons. The van der Waals surface area contributed by atoms with E-state index in [0.29, 0.717) is 42.0 Å². The third-order valence-corrected chi connectivity index (χ3v) is 3.72. The van der Waals surface area contributed by atoms with Gasteiger partial charge in [0.25, 0.3) is 0 Å². The van der Waals surface area contributed by atoms with E-state index in [-0.39, 0.29) is 5.02 Å². The van der Waals surface area contributed by atoms with E-state index in [1.807, 2.05) is 0 Å². The fourth-order valence-electron chi connectivity index (χ4n) is 2.05. The zero-order valence-corrected chi connectivity index (χ0v) is 12.5. The summed E-state index contributed by atoms with van der Waals surface area (Å²) in [4.78, 5) is 0. The van der Waals surface area contributed by atoms with Gasteiger partial charge in [-0.25, -0.2) is 4.39 Å². The molecular weight excluding hydrogens is 316 g/mol. The topological polar surface area (TPSA) is 30.5 Å². The standard InChI is InChI=1S/C15H12Cl2FNO2/c16-10-2-1-9(5-12(10)18)8-19-13-7-15-14(6-11(13)17)20-3-4-21-15/h1-2,5-7,19H,3-4,8H2. The van der Waals surface area contributed by atoms with Gasteiger partial charge in [0.2, 0.25) is 0 Å². The van der Waals surface area contributed by atoms with Crippen molar-refractivity contribution in [3.05, 3.63) is 51.8 Å². The summed E-state index contributed by atoms with van der Waals surface area (Å²) < 4.78 is 24.3. The molecular formula is C15H12Cl2FNO2. The molecule has 3 rings (SSSR count). The van der Waals surface area contributed by atoms with Crippen LogP contribution in [0.4, 0.5) is 10.1 Å². The molecule has 1 heterocycles. The number of benzene rings is 2. The summed E-state index contributed by atoms with van der Waals surface area (Å²) in [6, 6.07) is 8.16. The number of anilines is 1. The number of hydrogen-bond donors (Lipinski definition) is 1. The summed E-state index contributed by atoms with van der Waals surface area (Å²) in [5, 5.41) is 3.78. The molecule has 2 aromatic carbocycles. The molecule has 110 valence electrons. The minimum absolute atomic E-state index is 0.108. The Morgan fingerprint density at radius 3 is 2.43 bits per heavy atom. The number of nitrogens with one attached hydrogen (secondary N) is 1. The minimum Gasteiger partial charge on any atom is -0.486 e. The summed E-state index contributed by atoms with van der Waals surface area (Å²) in [7, 11) is 0. The Morgan fingerprint density at radius 2 is 1.71 bits per heavy atom. The summed E-state index contributed by atoms with van der Waals surface area (Å²) in [6.07, 6.45) is 0. The first-order chi connectivity index (χ1) is 10.1. The Labute approximate surface area is 131 Å². The van der Waals surface area contributed by atoms with Gasteiger partial charge in [0.1, 0.15) is 19.0 Å². The van der Waals surface area contributed by atoms with E-state index in [0.717, 1.165) is 5.56 Å². The van der Waals surface area contributed by atoms with E-state index >= 15 is 0 Å². The number of hydrogen-bond acceptors (Lipinski definition) is 3. The van der Waals surface area contributed by atoms with Gasteiger partial charge in [-0.2, -0.15) is 0 Å². The molecule has 21 heavy (non-hydrogen) atoms. The van der Waals surface area contributed by atoms with E-state index in [4.69, 9.17) is 32.7 Å². The predicted octanol–water partition coefficient (Wildman–Crippen LogP) is 4.52. The zero-order valence-electron chi connectivity index (χ0n) is 11.0. The van der Waals surface area contributed by atoms with Crippen LogP contribution in [-0.2, 0) is 6.54 Å². The van der Waals surface area contributed by atoms with Gasteiger partial charge in [-0.15, -0.1) is 0 Å². The lowest BCUT2D eigenvalue weighted by Crippen LogP contribution is -2.15. The van der Waals surface area contributed by atoms with Gasteiger partial charge in [-0.05, 0) is 17.7 Å². The van der Waals surface area contributed by atoms with Crippen LogP contribution >= 0.6 is 23.2 Å². The van der Waals surface area contributed by atoms with Gasteiger partial charge in [0.15, 0.2) is 11.5 Å². The lowest BCUT2D eigenvalue weighted by Gasteiger charge is -2.20. The van der Waals surface area contributed by atoms with Gasteiger partial charge >= 0.3 is 0 Å². The predicted molar refractivity (Wildman–Crippen MR) is 81.2 cm³/mol. The molecule has 0 amide bonds. The maximum Gasteiger partial charge on any atom is 0.163 e. The molecule has 1 N–H and O–H groups in total. The maximum atomic E-state index is 13.4. The third-order valence-electron chi connectivity index (χ3n) is 3.10. The highest BCUT2D eigenvalue weighted by atomic mass is 35.5. The quantitative estimate of drug-likeness (QED) is 0.899. The van der Waals surface area contributed by atoms with E-state index in [1.165, 1.54) is 12.1 Å². The SMILES string of the molecule is Fc1cc(CNc2cc3c(cc2Cl)OCCO3)ccc1Cl.